The summed E-state index contributed by atoms with van der Waals surface area (Å²) in [5.41, 5.74) is 4.04. The maximum atomic E-state index is 13.0. The number of rotatable bonds is 4. The average Bonchev–Trinajstić information content (AvgIpc) is 2.65. The highest BCUT2D eigenvalue weighted by Gasteiger charge is 2.21. The second-order valence-corrected chi connectivity index (χ2v) is 6.76. The lowest BCUT2D eigenvalue weighted by molar-refractivity contribution is -0.118. The first-order valence-corrected chi connectivity index (χ1v) is 8.78. The Morgan fingerprint density at radius 3 is 2.63 bits per heavy atom. The smallest absolute Gasteiger partial charge is 0.242 e. The average molecular weight is 382 g/mol. The zero-order valence-corrected chi connectivity index (χ0v) is 15.6. The number of nitrogens with zero attached hydrogens (tertiary/aromatic N) is 2. The van der Waals surface area contributed by atoms with E-state index in [1.807, 2.05) is 38.1 Å². The van der Waals surface area contributed by atoms with Crippen LogP contribution in [0, 0.1) is 36.9 Å². The van der Waals surface area contributed by atoms with Crippen LogP contribution in [0.5, 0.6) is 0 Å². The Balaban J connectivity index is 1.84. The van der Waals surface area contributed by atoms with Crippen molar-refractivity contribution in [3.05, 3.63) is 70.1 Å². The molecule has 27 heavy (non-hydrogen) atoms. The van der Waals surface area contributed by atoms with Crippen molar-refractivity contribution in [1.82, 2.24) is 4.98 Å². The minimum Gasteiger partial charge on any atom is -0.325 e. The van der Waals surface area contributed by atoms with E-state index < -0.39 is 17.6 Å². The Kier molecular flexibility index (Phi) is 5.38. The van der Waals surface area contributed by atoms with Crippen LogP contribution in [0.4, 0.5) is 10.1 Å². The number of carbonyl (C=O) groups excluding carboxylic acids is 1. The number of hydrogen-bond donors (Lipinski definition) is 1. The summed E-state index contributed by atoms with van der Waals surface area (Å²) in [6.45, 7) is 3.98. The molecule has 0 fully saturated rings. The number of hydrogen-bond acceptors (Lipinski definition) is 3. The zero-order chi connectivity index (χ0) is 19.6. The minimum atomic E-state index is -0.946. The molecule has 1 unspecified atom stereocenters. The van der Waals surface area contributed by atoms with Gasteiger partial charge in [0.2, 0.25) is 5.91 Å². The van der Waals surface area contributed by atoms with Crippen molar-refractivity contribution in [1.29, 1.82) is 5.26 Å². The van der Waals surface area contributed by atoms with Gasteiger partial charge in [0.05, 0.1) is 11.6 Å². The molecule has 4 nitrogen and oxygen atoms in total. The first-order valence-electron chi connectivity index (χ1n) is 8.40. The quantitative estimate of drug-likeness (QED) is 0.649. The molecule has 1 atom stereocenters. The molecule has 0 aliphatic carbocycles. The van der Waals surface area contributed by atoms with Crippen molar-refractivity contribution >= 4 is 34.1 Å². The number of carbonyl (C=O) groups is 1. The van der Waals surface area contributed by atoms with E-state index in [-0.39, 0.29) is 11.6 Å². The van der Waals surface area contributed by atoms with Gasteiger partial charge in [-0.2, -0.15) is 5.26 Å². The van der Waals surface area contributed by atoms with Crippen LogP contribution in [0.2, 0.25) is 5.15 Å². The number of nitrogens with one attached hydrogen (secondary N) is 1. The summed E-state index contributed by atoms with van der Waals surface area (Å²) in [6.07, 6.45) is 0.137. The van der Waals surface area contributed by atoms with Crippen molar-refractivity contribution in [3.8, 4) is 6.07 Å². The summed E-state index contributed by atoms with van der Waals surface area (Å²) in [7, 11) is 0. The van der Waals surface area contributed by atoms with Gasteiger partial charge in [-0.1, -0.05) is 23.7 Å². The van der Waals surface area contributed by atoms with Crippen molar-refractivity contribution in [2.45, 2.75) is 20.3 Å². The summed E-state index contributed by atoms with van der Waals surface area (Å²) in [6, 6.07) is 13.2. The number of benzene rings is 2. The molecule has 3 aromatic rings. The standard InChI is InChI=1S/C21H17ClFN3O/c1-12-3-4-14-9-15(20(22)26-19(14)13(12)2)10-16(11-24)21(27)25-18-7-5-17(23)6-8-18/h3-9,16H,10H2,1-2H3,(H,25,27). The van der Waals surface area contributed by atoms with Crippen molar-refractivity contribution < 1.29 is 9.18 Å². The maximum absolute atomic E-state index is 13.0. The number of fused-ring (bicyclic) bond motifs is 1. The largest absolute Gasteiger partial charge is 0.325 e. The fraction of sp³-hybridized carbons (Fsp3) is 0.190. The van der Waals surface area contributed by atoms with Crippen LogP contribution in [-0.4, -0.2) is 10.9 Å². The van der Waals surface area contributed by atoms with Gasteiger partial charge in [-0.15, -0.1) is 0 Å². The summed E-state index contributed by atoms with van der Waals surface area (Å²) < 4.78 is 13.0. The van der Waals surface area contributed by atoms with Gasteiger partial charge in [0.1, 0.15) is 16.9 Å². The summed E-state index contributed by atoms with van der Waals surface area (Å²) >= 11 is 6.32. The maximum Gasteiger partial charge on any atom is 0.242 e. The number of halogens is 2. The van der Waals surface area contributed by atoms with E-state index in [1.54, 1.807) is 0 Å². The van der Waals surface area contributed by atoms with Crippen LogP contribution in [0.3, 0.4) is 0 Å². The first kappa shape index (κ1) is 18.8. The molecule has 3 rings (SSSR count). The Hall–Kier alpha value is -2.97. The lowest BCUT2D eigenvalue weighted by Crippen LogP contribution is -2.23. The third-order valence-electron chi connectivity index (χ3n) is 4.55. The van der Waals surface area contributed by atoms with Gasteiger partial charge < -0.3 is 5.32 Å². The van der Waals surface area contributed by atoms with Crippen molar-refractivity contribution in [2.75, 3.05) is 5.32 Å². The third-order valence-corrected chi connectivity index (χ3v) is 4.87. The minimum absolute atomic E-state index is 0.137. The Morgan fingerprint density at radius 1 is 1.26 bits per heavy atom. The Bertz CT molecular complexity index is 1060. The van der Waals surface area contributed by atoms with Crippen molar-refractivity contribution in [3.63, 3.8) is 0 Å². The van der Waals surface area contributed by atoms with Crippen LogP contribution in [0.15, 0.2) is 42.5 Å². The van der Waals surface area contributed by atoms with Gasteiger partial charge in [-0.25, -0.2) is 9.37 Å². The highest BCUT2D eigenvalue weighted by Crippen LogP contribution is 2.26. The van der Waals surface area contributed by atoms with E-state index in [0.29, 0.717) is 11.3 Å². The molecular formula is C21H17ClFN3O. The summed E-state index contributed by atoms with van der Waals surface area (Å²) in [5.74, 6) is -1.82. The number of amides is 1. The lowest BCUT2D eigenvalue weighted by Gasteiger charge is -2.13. The molecule has 1 heterocycles. The first-order chi connectivity index (χ1) is 12.9. The van der Waals surface area contributed by atoms with E-state index in [0.717, 1.165) is 22.0 Å². The van der Waals surface area contributed by atoms with Gasteiger partial charge in [-0.3, -0.25) is 4.79 Å². The van der Waals surface area contributed by atoms with Gasteiger partial charge in [0, 0.05) is 17.5 Å². The topological polar surface area (TPSA) is 65.8 Å². The van der Waals surface area contributed by atoms with E-state index in [4.69, 9.17) is 11.6 Å². The monoisotopic (exact) mass is 381 g/mol. The number of nitriles is 1. The summed E-state index contributed by atoms with van der Waals surface area (Å²) in [5, 5.41) is 13.2. The predicted molar refractivity (Wildman–Crippen MR) is 104 cm³/mol. The number of aromatic nitrogens is 1. The molecule has 0 aliphatic rings. The molecule has 136 valence electrons. The number of aryl methyl sites for hydroxylation is 2. The van der Waals surface area contributed by atoms with E-state index in [2.05, 4.69) is 10.3 Å². The van der Waals surface area contributed by atoms with Crippen LogP contribution in [0.1, 0.15) is 16.7 Å². The predicted octanol–water partition coefficient (Wildman–Crippen LogP) is 4.97. The summed E-state index contributed by atoms with van der Waals surface area (Å²) in [4.78, 5) is 16.9. The molecule has 6 heteroatoms. The van der Waals surface area contributed by atoms with E-state index >= 15 is 0 Å². The molecule has 0 radical (unpaired) electrons. The van der Waals surface area contributed by atoms with E-state index in [1.165, 1.54) is 24.3 Å². The van der Waals surface area contributed by atoms with Gasteiger partial charge in [0.25, 0.3) is 0 Å². The molecule has 1 aromatic heterocycles. The van der Waals surface area contributed by atoms with Crippen LogP contribution >= 0.6 is 11.6 Å². The van der Waals surface area contributed by atoms with Crippen LogP contribution < -0.4 is 5.32 Å². The van der Waals surface area contributed by atoms with Gasteiger partial charge in [0.15, 0.2) is 0 Å². The molecule has 1 amide bonds. The highest BCUT2D eigenvalue weighted by molar-refractivity contribution is 6.30. The van der Waals surface area contributed by atoms with Crippen LogP contribution in [0.25, 0.3) is 10.9 Å². The molecule has 0 aliphatic heterocycles. The second kappa shape index (κ2) is 7.73. The van der Waals surface area contributed by atoms with E-state index in [9.17, 15) is 14.4 Å². The molecule has 0 spiro atoms. The molecule has 0 saturated heterocycles. The Labute approximate surface area is 161 Å². The Morgan fingerprint density at radius 2 is 1.96 bits per heavy atom. The molecule has 0 bridgehead atoms. The molecule has 2 aromatic carbocycles. The highest BCUT2D eigenvalue weighted by atomic mass is 35.5. The fourth-order valence-electron chi connectivity index (χ4n) is 2.83. The molecule has 0 saturated carbocycles. The molecule has 1 N–H and O–H groups in total. The number of anilines is 1. The van der Waals surface area contributed by atoms with Gasteiger partial charge >= 0.3 is 0 Å². The number of pyridine rings is 1. The SMILES string of the molecule is Cc1ccc2cc(CC(C#N)C(=O)Nc3ccc(F)cc3)c(Cl)nc2c1C. The second-order valence-electron chi connectivity index (χ2n) is 6.40. The normalized spacial score (nSPS) is 11.8. The fourth-order valence-corrected chi connectivity index (χ4v) is 3.04. The molecular weight excluding hydrogens is 365 g/mol. The third kappa shape index (κ3) is 4.07. The van der Waals surface area contributed by atoms with Gasteiger partial charge in [-0.05, 0) is 60.9 Å². The van der Waals surface area contributed by atoms with Crippen LogP contribution in [-0.2, 0) is 11.2 Å². The zero-order valence-electron chi connectivity index (χ0n) is 14.9. The van der Waals surface area contributed by atoms with Crippen molar-refractivity contribution in [2.24, 2.45) is 5.92 Å². The lowest BCUT2D eigenvalue weighted by atomic mass is 9.98.